The fourth-order valence-corrected chi connectivity index (χ4v) is 3.04. The lowest BCUT2D eigenvalue weighted by molar-refractivity contribution is 0.0858. The molecule has 0 radical (unpaired) electrons. The summed E-state index contributed by atoms with van der Waals surface area (Å²) < 4.78 is 6.14. The number of ether oxygens (including phenoxy) is 1. The van der Waals surface area contributed by atoms with Crippen molar-refractivity contribution in [2.45, 2.75) is 58.6 Å². The molecular weight excluding hydrogens is 272 g/mol. The molecule has 0 bridgehead atoms. The van der Waals surface area contributed by atoms with E-state index in [1.807, 2.05) is 6.07 Å². The fourth-order valence-electron chi connectivity index (χ4n) is 2.87. The summed E-state index contributed by atoms with van der Waals surface area (Å²) in [7, 11) is 0. The van der Waals surface area contributed by atoms with Crippen LogP contribution in [0.2, 0.25) is 5.02 Å². The minimum atomic E-state index is 0.314. The molecule has 0 aromatic carbocycles. The van der Waals surface area contributed by atoms with Crippen molar-refractivity contribution in [2.75, 3.05) is 6.54 Å². The zero-order valence-corrected chi connectivity index (χ0v) is 13.2. The summed E-state index contributed by atoms with van der Waals surface area (Å²) in [5.41, 5.74) is 1.06. The van der Waals surface area contributed by atoms with Gasteiger partial charge in [0.05, 0.1) is 5.02 Å². The predicted molar refractivity (Wildman–Crippen MR) is 83.3 cm³/mol. The summed E-state index contributed by atoms with van der Waals surface area (Å²) in [6.07, 6.45) is 8.21. The van der Waals surface area contributed by atoms with E-state index in [9.17, 15) is 0 Å². The van der Waals surface area contributed by atoms with E-state index in [2.05, 4.69) is 24.1 Å². The second-order valence-electron chi connectivity index (χ2n) is 5.50. The van der Waals surface area contributed by atoms with E-state index in [1.54, 1.807) is 6.20 Å². The molecule has 0 saturated heterocycles. The molecule has 3 nitrogen and oxygen atoms in total. The Labute approximate surface area is 127 Å². The maximum atomic E-state index is 6.17. The molecule has 0 amide bonds. The summed E-state index contributed by atoms with van der Waals surface area (Å²) in [5, 5.41) is 3.99. The molecule has 112 valence electrons. The van der Waals surface area contributed by atoms with Gasteiger partial charge in [-0.3, -0.25) is 0 Å². The van der Waals surface area contributed by atoms with E-state index >= 15 is 0 Å². The number of rotatable bonds is 6. The molecule has 1 aromatic heterocycles. The van der Waals surface area contributed by atoms with E-state index in [0.717, 1.165) is 25.1 Å². The average Bonchev–Trinajstić information content (AvgIpc) is 2.48. The van der Waals surface area contributed by atoms with Gasteiger partial charge in [-0.05, 0) is 43.7 Å². The van der Waals surface area contributed by atoms with Crippen LogP contribution in [-0.4, -0.2) is 17.6 Å². The van der Waals surface area contributed by atoms with Crippen LogP contribution in [0.4, 0.5) is 0 Å². The number of nitrogens with zero attached hydrogens (tertiary/aromatic N) is 1. The Balaban J connectivity index is 2.04. The molecule has 20 heavy (non-hydrogen) atoms. The van der Waals surface area contributed by atoms with Crippen molar-refractivity contribution in [3.8, 4) is 5.88 Å². The third-order valence-electron chi connectivity index (χ3n) is 4.11. The number of pyridine rings is 1. The van der Waals surface area contributed by atoms with Crippen molar-refractivity contribution in [1.29, 1.82) is 0 Å². The van der Waals surface area contributed by atoms with Gasteiger partial charge in [0.2, 0.25) is 5.88 Å². The molecule has 0 aliphatic heterocycles. The molecule has 4 heteroatoms. The standard InChI is InChI=1S/C16H25ClN2O/c1-3-12-7-5-6-8-15(12)20-16-9-13(10-18-4-2)14(17)11-19-16/h9,11-12,15,18H,3-8,10H2,1-2H3. The molecule has 1 aliphatic rings. The Hall–Kier alpha value is -0.800. The van der Waals surface area contributed by atoms with E-state index < -0.39 is 0 Å². The van der Waals surface area contributed by atoms with Gasteiger partial charge in [0.15, 0.2) is 0 Å². The number of halogens is 1. The molecule has 1 saturated carbocycles. The molecule has 2 atom stereocenters. The molecule has 1 aliphatic carbocycles. The minimum absolute atomic E-state index is 0.314. The molecule has 1 fully saturated rings. The molecule has 0 spiro atoms. The highest BCUT2D eigenvalue weighted by molar-refractivity contribution is 6.31. The Bertz CT molecular complexity index is 425. The van der Waals surface area contributed by atoms with Crippen LogP contribution in [0.25, 0.3) is 0 Å². The first kappa shape index (κ1) is 15.6. The first-order valence-electron chi connectivity index (χ1n) is 7.76. The Morgan fingerprint density at radius 3 is 2.90 bits per heavy atom. The number of nitrogens with one attached hydrogen (secondary N) is 1. The fraction of sp³-hybridized carbons (Fsp3) is 0.688. The van der Waals surface area contributed by atoms with E-state index in [0.29, 0.717) is 22.9 Å². The lowest BCUT2D eigenvalue weighted by Crippen LogP contribution is -2.30. The largest absolute Gasteiger partial charge is 0.474 e. The Kier molecular flexibility index (Phi) is 6.11. The highest BCUT2D eigenvalue weighted by Gasteiger charge is 2.25. The normalized spacial score (nSPS) is 22.8. The van der Waals surface area contributed by atoms with Crippen molar-refractivity contribution >= 4 is 11.6 Å². The monoisotopic (exact) mass is 296 g/mol. The number of hydrogen-bond acceptors (Lipinski definition) is 3. The third-order valence-corrected chi connectivity index (χ3v) is 4.45. The summed E-state index contributed by atoms with van der Waals surface area (Å²) in [6, 6.07) is 1.98. The van der Waals surface area contributed by atoms with Crippen LogP contribution in [-0.2, 0) is 6.54 Å². The van der Waals surface area contributed by atoms with Crippen molar-refractivity contribution in [3.63, 3.8) is 0 Å². The smallest absolute Gasteiger partial charge is 0.213 e. The second-order valence-corrected chi connectivity index (χ2v) is 5.91. The maximum absolute atomic E-state index is 6.17. The van der Waals surface area contributed by atoms with Crippen molar-refractivity contribution < 1.29 is 4.74 Å². The van der Waals surface area contributed by atoms with Gasteiger partial charge >= 0.3 is 0 Å². The van der Waals surface area contributed by atoms with Crippen LogP contribution in [0.5, 0.6) is 5.88 Å². The summed E-state index contributed by atoms with van der Waals surface area (Å²) in [4.78, 5) is 4.33. The quantitative estimate of drug-likeness (QED) is 0.854. The second kappa shape index (κ2) is 7.84. The minimum Gasteiger partial charge on any atom is -0.474 e. The van der Waals surface area contributed by atoms with Crippen LogP contribution in [0.3, 0.4) is 0 Å². The summed E-state index contributed by atoms with van der Waals surface area (Å²) in [5.74, 6) is 1.38. The zero-order chi connectivity index (χ0) is 14.4. The van der Waals surface area contributed by atoms with Crippen LogP contribution in [0, 0.1) is 5.92 Å². The first-order chi connectivity index (χ1) is 9.74. The number of aromatic nitrogens is 1. The first-order valence-corrected chi connectivity index (χ1v) is 8.14. The van der Waals surface area contributed by atoms with Crippen molar-refractivity contribution in [1.82, 2.24) is 10.3 Å². The van der Waals surface area contributed by atoms with Crippen molar-refractivity contribution in [3.05, 3.63) is 22.8 Å². The summed E-state index contributed by atoms with van der Waals surface area (Å²) in [6.45, 7) is 6.02. The number of hydrogen-bond donors (Lipinski definition) is 1. The van der Waals surface area contributed by atoms with Gasteiger partial charge in [-0.15, -0.1) is 0 Å². The van der Waals surface area contributed by atoms with E-state index in [4.69, 9.17) is 16.3 Å². The third kappa shape index (κ3) is 4.10. The van der Waals surface area contributed by atoms with Gasteiger partial charge in [0.1, 0.15) is 6.10 Å². The average molecular weight is 297 g/mol. The zero-order valence-electron chi connectivity index (χ0n) is 12.5. The summed E-state index contributed by atoms with van der Waals surface area (Å²) >= 11 is 6.17. The SMILES string of the molecule is CCNCc1cc(OC2CCCCC2CC)ncc1Cl. The lowest BCUT2D eigenvalue weighted by Gasteiger charge is -2.30. The van der Waals surface area contributed by atoms with Crippen LogP contribution in [0.1, 0.15) is 51.5 Å². The molecule has 1 aromatic rings. The topological polar surface area (TPSA) is 34.1 Å². The highest BCUT2D eigenvalue weighted by atomic mass is 35.5. The Morgan fingerprint density at radius 1 is 1.35 bits per heavy atom. The molecule has 2 unspecified atom stereocenters. The highest BCUT2D eigenvalue weighted by Crippen LogP contribution is 2.30. The molecule has 2 rings (SSSR count). The van der Waals surface area contributed by atoms with Crippen LogP contribution in [0.15, 0.2) is 12.3 Å². The van der Waals surface area contributed by atoms with Crippen molar-refractivity contribution in [2.24, 2.45) is 5.92 Å². The van der Waals surface area contributed by atoms with Crippen LogP contribution >= 0.6 is 11.6 Å². The predicted octanol–water partition coefficient (Wildman–Crippen LogP) is 4.19. The van der Waals surface area contributed by atoms with Gasteiger partial charge in [-0.25, -0.2) is 4.98 Å². The molecule has 1 N–H and O–H groups in total. The van der Waals surface area contributed by atoms with Crippen LogP contribution < -0.4 is 10.1 Å². The van der Waals surface area contributed by atoms with Gasteiger partial charge in [-0.2, -0.15) is 0 Å². The lowest BCUT2D eigenvalue weighted by atomic mass is 9.85. The van der Waals surface area contributed by atoms with Gasteiger partial charge < -0.3 is 10.1 Å². The molecular formula is C16H25ClN2O. The Morgan fingerprint density at radius 2 is 2.15 bits per heavy atom. The van der Waals surface area contributed by atoms with Gasteiger partial charge in [-0.1, -0.05) is 31.9 Å². The van der Waals surface area contributed by atoms with Gasteiger partial charge in [0, 0.05) is 18.8 Å². The maximum Gasteiger partial charge on any atom is 0.213 e. The molecule has 1 heterocycles. The van der Waals surface area contributed by atoms with E-state index in [-0.39, 0.29) is 0 Å². The van der Waals surface area contributed by atoms with E-state index in [1.165, 1.54) is 25.7 Å². The van der Waals surface area contributed by atoms with Gasteiger partial charge in [0.25, 0.3) is 0 Å².